The maximum atomic E-state index is 12.6. The molecule has 1 aromatic rings. The predicted octanol–water partition coefficient (Wildman–Crippen LogP) is 3.30. The van der Waals surface area contributed by atoms with Crippen LogP contribution in [0.2, 0.25) is 0 Å². The lowest BCUT2D eigenvalue weighted by Gasteiger charge is -2.22. The number of guanidine groups is 1. The number of hydrogen-bond donors (Lipinski definition) is 0. The molecule has 0 saturated heterocycles. The monoisotopic (exact) mass is 401 g/mol. The third-order valence-electron chi connectivity index (χ3n) is 2.46. The molecule has 0 aliphatic carbocycles. The van der Waals surface area contributed by atoms with Gasteiger partial charge in [0.2, 0.25) is 0 Å². The fourth-order valence-corrected chi connectivity index (χ4v) is 1.69. The minimum absolute atomic E-state index is 0. The van der Waals surface area contributed by atoms with Crippen molar-refractivity contribution in [2.24, 2.45) is 4.99 Å². The van der Waals surface area contributed by atoms with Gasteiger partial charge in [-0.2, -0.15) is 13.2 Å². The number of nitrogens with zero attached hydrogens (tertiary/aromatic N) is 3. The van der Waals surface area contributed by atoms with Crippen molar-refractivity contribution in [3.8, 4) is 0 Å². The number of alkyl halides is 3. The van der Waals surface area contributed by atoms with Crippen molar-refractivity contribution in [2.45, 2.75) is 12.7 Å². The molecule has 3 nitrogen and oxygen atoms in total. The summed E-state index contributed by atoms with van der Waals surface area (Å²) < 4.78 is 37.7. The molecule has 0 saturated carbocycles. The summed E-state index contributed by atoms with van der Waals surface area (Å²) in [5.41, 5.74) is -0.104. The van der Waals surface area contributed by atoms with Crippen LogP contribution in [0.25, 0.3) is 0 Å². The molecular formula is C13H19F3IN3. The first kappa shape index (κ1) is 19.0. The number of hydrogen-bond acceptors (Lipinski definition) is 1. The minimum atomic E-state index is -4.31. The van der Waals surface area contributed by atoms with Gasteiger partial charge < -0.3 is 9.80 Å². The highest BCUT2D eigenvalue weighted by molar-refractivity contribution is 14.0. The third kappa shape index (κ3) is 5.56. The van der Waals surface area contributed by atoms with E-state index in [0.29, 0.717) is 11.5 Å². The maximum absolute atomic E-state index is 12.6. The highest BCUT2D eigenvalue weighted by atomic mass is 127. The Morgan fingerprint density at radius 2 is 1.65 bits per heavy atom. The van der Waals surface area contributed by atoms with Gasteiger partial charge in [0.05, 0.1) is 12.1 Å². The molecule has 7 heteroatoms. The second-order valence-electron chi connectivity index (χ2n) is 4.60. The summed E-state index contributed by atoms with van der Waals surface area (Å²) >= 11 is 0. The average Bonchev–Trinajstić information content (AvgIpc) is 2.27. The van der Waals surface area contributed by atoms with Crippen LogP contribution in [-0.4, -0.2) is 44.0 Å². The number of benzene rings is 1. The highest BCUT2D eigenvalue weighted by Crippen LogP contribution is 2.29. The van der Waals surface area contributed by atoms with Crippen LogP contribution in [0.1, 0.15) is 11.1 Å². The van der Waals surface area contributed by atoms with E-state index in [0.717, 1.165) is 12.1 Å². The molecule has 0 heterocycles. The highest BCUT2D eigenvalue weighted by Gasteiger charge is 2.30. The van der Waals surface area contributed by atoms with Crippen molar-refractivity contribution in [3.05, 3.63) is 35.4 Å². The van der Waals surface area contributed by atoms with Gasteiger partial charge in [-0.15, -0.1) is 24.0 Å². The van der Waals surface area contributed by atoms with Crippen LogP contribution in [0.15, 0.2) is 29.3 Å². The fraction of sp³-hybridized carbons (Fsp3) is 0.462. The van der Waals surface area contributed by atoms with Crippen LogP contribution >= 0.6 is 24.0 Å². The first-order valence-electron chi connectivity index (χ1n) is 5.77. The van der Waals surface area contributed by atoms with Gasteiger partial charge in [-0.1, -0.05) is 12.1 Å². The molecule has 1 rings (SSSR count). The van der Waals surface area contributed by atoms with Crippen molar-refractivity contribution in [1.29, 1.82) is 0 Å². The molecule has 0 unspecified atom stereocenters. The molecule has 0 aromatic heterocycles. The van der Waals surface area contributed by atoms with Crippen molar-refractivity contribution in [1.82, 2.24) is 9.80 Å². The Balaban J connectivity index is 0.00000361. The molecule has 0 aliphatic heterocycles. The summed E-state index contributed by atoms with van der Waals surface area (Å²) in [7, 11) is 7.35. The number of rotatable bonds is 2. The van der Waals surface area contributed by atoms with Gasteiger partial charge in [-0.05, 0) is 17.7 Å². The van der Waals surface area contributed by atoms with E-state index >= 15 is 0 Å². The van der Waals surface area contributed by atoms with Crippen LogP contribution in [0.4, 0.5) is 13.2 Å². The van der Waals surface area contributed by atoms with Gasteiger partial charge >= 0.3 is 6.18 Å². The Morgan fingerprint density at radius 1 is 1.10 bits per heavy atom. The molecular weight excluding hydrogens is 382 g/mol. The van der Waals surface area contributed by atoms with Crippen molar-refractivity contribution in [3.63, 3.8) is 0 Å². The maximum Gasteiger partial charge on any atom is 0.416 e. The lowest BCUT2D eigenvalue weighted by molar-refractivity contribution is -0.137. The number of aliphatic imine (C=N–C) groups is 1. The molecule has 0 amide bonds. The first-order valence-corrected chi connectivity index (χ1v) is 5.77. The van der Waals surface area contributed by atoms with Crippen molar-refractivity contribution >= 4 is 29.9 Å². The Kier molecular flexibility index (Phi) is 7.32. The summed E-state index contributed by atoms with van der Waals surface area (Å²) in [5.74, 6) is 0.706. The lowest BCUT2D eigenvalue weighted by atomic mass is 10.1. The van der Waals surface area contributed by atoms with Gasteiger partial charge in [0.25, 0.3) is 0 Å². The van der Waals surface area contributed by atoms with Crippen LogP contribution < -0.4 is 0 Å². The second-order valence-corrected chi connectivity index (χ2v) is 4.60. The Labute approximate surface area is 134 Å². The summed E-state index contributed by atoms with van der Waals surface area (Å²) in [6.45, 7) is 0.218. The van der Waals surface area contributed by atoms with Gasteiger partial charge in [0.15, 0.2) is 5.96 Å². The van der Waals surface area contributed by atoms with Crippen LogP contribution in [0, 0.1) is 0 Å². The topological polar surface area (TPSA) is 18.8 Å². The first-order chi connectivity index (χ1) is 8.71. The van der Waals surface area contributed by atoms with Crippen LogP contribution in [-0.2, 0) is 12.7 Å². The van der Waals surface area contributed by atoms with E-state index in [-0.39, 0.29) is 30.5 Å². The van der Waals surface area contributed by atoms with E-state index in [1.807, 2.05) is 38.0 Å². The largest absolute Gasteiger partial charge is 0.416 e. The molecule has 0 radical (unpaired) electrons. The van der Waals surface area contributed by atoms with E-state index in [9.17, 15) is 13.2 Å². The molecule has 0 atom stereocenters. The third-order valence-corrected chi connectivity index (χ3v) is 2.46. The normalized spacial score (nSPS) is 10.6. The van der Waals surface area contributed by atoms with Crippen LogP contribution in [0.3, 0.4) is 0 Å². The van der Waals surface area contributed by atoms with E-state index in [2.05, 4.69) is 4.99 Å². The van der Waals surface area contributed by atoms with Gasteiger partial charge in [-0.25, -0.2) is 4.99 Å². The van der Waals surface area contributed by atoms with E-state index < -0.39 is 11.7 Å². The Hall–Kier alpha value is -0.990. The molecule has 0 spiro atoms. The fourth-order valence-electron chi connectivity index (χ4n) is 1.69. The van der Waals surface area contributed by atoms with E-state index in [1.165, 1.54) is 6.07 Å². The average molecular weight is 401 g/mol. The minimum Gasteiger partial charge on any atom is -0.349 e. The summed E-state index contributed by atoms with van der Waals surface area (Å²) in [5, 5.41) is 0. The molecule has 0 bridgehead atoms. The molecule has 20 heavy (non-hydrogen) atoms. The van der Waals surface area contributed by atoms with Gasteiger partial charge in [-0.3, -0.25) is 0 Å². The smallest absolute Gasteiger partial charge is 0.349 e. The Bertz CT molecular complexity index is 446. The van der Waals surface area contributed by atoms with Crippen molar-refractivity contribution in [2.75, 3.05) is 28.2 Å². The summed E-state index contributed by atoms with van der Waals surface area (Å²) in [6.07, 6.45) is -4.31. The quantitative estimate of drug-likeness (QED) is 0.430. The Morgan fingerprint density at radius 3 is 2.10 bits per heavy atom. The molecule has 0 fully saturated rings. The summed E-state index contributed by atoms with van der Waals surface area (Å²) in [6, 6.07) is 5.23. The zero-order chi connectivity index (χ0) is 14.6. The zero-order valence-corrected chi connectivity index (χ0v) is 14.2. The van der Waals surface area contributed by atoms with E-state index in [1.54, 1.807) is 6.07 Å². The SMILES string of the molecule is CN(C)C(=NCc1cccc(C(F)(F)F)c1)N(C)C.I. The zero-order valence-electron chi connectivity index (χ0n) is 11.9. The van der Waals surface area contributed by atoms with Crippen LogP contribution in [0.5, 0.6) is 0 Å². The molecule has 1 aromatic carbocycles. The number of halogens is 4. The standard InChI is InChI=1S/C13H18F3N3.HI/c1-18(2)12(19(3)4)17-9-10-6-5-7-11(8-10)13(14,15)16;/h5-8H,9H2,1-4H3;1H. The van der Waals surface area contributed by atoms with Gasteiger partial charge in [0, 0.05) is 28.2 Å². The second kappa shape index (κ2) is 7.70. The lowest BCUT2D eigenvalue weighted by Crippen LogP contribution is -2.35. The predicted molar refractivity (Wildman–Crippen MR) is 85.4 cm³/mol. The molecule has 0 aliphatic rings. The molecule has 0 N–H and O–H groups in total. The van der Waals surface area contributed by atoms with E-state index in [4.69, 9.17) is 0 Å². The van der Waals surface area contributed by atoms with Crippen molar-refractivity contribution < 1.29 is 13.2 Å². The van der Waals surface area contributed by atoms with Gasteiger partial charge in [0.1, 0.15) is 0 Å². The summed E-state index contributed by atoms with van der Waals surface area (Å²) in [4.78, 5) is 7.94. The molecule has 114 valence electrons.